The summed E-state index contributed by atoms with van der Waals surface area (Å²) in [5, 5.41) is 10.9. The van der Waals surface area contributed by atoms with Crippen molar-refractivity contribution in [3.63, 3.8) is 0 Å². The summed E-state index contributed by atoms with van der Waals surface area (Å²) >= 11 is 0. The first-order valence-electron chi connectivity index (χ1n) is 5.01. The molecule has 0 amide bonds. The minimum atomic E-state index is -0.611. The molecule has 0 bridgehead atoms. The molecular weight excluding hydrogens is 238 g/mol. The highest BCUT2D eigenvalue weighted by atomic mass is 16.6. The van der Waals surface area contributed by atoms with Gasteiger partial charge in [-0.15, -0.1) is 0 Å². The van der Waals surface area contributed by atoms with Crippen molar-refractivity contribution in [1.29, 1.82) is 0 Å². The van der Waals surface area contributed by atoms with E-state index in [1.165, 1.54) is 38.3 Å². The van der Waals surface area contributed by atoms with Gasteiger partial charge in [-0.25, -0.2) is 4.79 Å². The predicted octanol–water partition coefficient (Wildman–Crippen LogP) is 1.98. The Bertz CT molecular complexity index is 533. The number of nitrogens with zero attached hydrogens (tertiary/aromatic N) is 1. The Kier molecular flexibility index (Phi) is 4.31. The average molecular weight is 249 g/mol. The van der Waals surface area contributed by atoms with Crippen molar-refractivity contribution in [1.82, 2.24) is 0 Å². The van der Waals surface area contributed by atoms with E-state index in [1.807, 2.05) is 0 Å². The van der Waals surface area contributed by atoms with E-state index < -0.39 is 10.9 Å². The summed E-state index contributed by atoms with van der Waals surface area (Å²) in [6.45, 7) is 1.32. The fourth-order valence-corrected chi connectivity index (χ4v) is 1.29. The van der Waals surface area contributed by atoms with Gasteiger partial charge in [-0.3, -0.25) is 14.9 Å². The smallest absolute Gasteiger partial charge is 0.330 e. The van der Waals surface area contributed by atoms with Crippen molar-refractivity contribution in [3.8, 4) is 0 Å². The standard InChI is InChI=1S/C12H11NO5/c1-8(14)10-4-3-9(5-6-12(15)18-2)11(7-10)13(16)17/h3-7H,1-2H3. The van der Waals surface area contributed by atoms with E-state index in [9.17, 15) is 19.7 Å². The molecule has 1 aromatic carbocycles. The van der Waals surface area contributed by atoms with E-state index in [0.29, 0.717) is 0 Å². The second kappa shape index (κ2) is 5.72. The third-order valence-corrected chi connectivity index (χ3v) is 2.23. The summed E-state index contributed by atoms with van der Waals surface area (Å²) in [4.78, 5) is 32.3. The van der Waals surface area contributed by atoms with Gasteiger partial charge in [0.25, 0.3) is 5.69 Å². The Morgan fingerprint density at radius 2 is 2.06 bits per heavy atom. The maximum absolute atomic E-state index is 11.1. The van der Waals surface area contributed by atoms with Crippen LogP contribution in [0.5, 0.6) is 0 Å². The highest BCUT2D eigenvalue weighted by Crippen LogP contribution is 2.22. The van der Waals surface area contributed by atoms with Crippen LogP contribution in [0, 0.1) is 10.1 Å². The van der Waals surface area contributed by atoms with Crippen LogP contribution in [0.1, 0.15) is 22.8 Å². The van der Waals surface area contributed by atoms with E-state index in [0.717, 1.165) is 6.08 Å². The van der Waals surface area contributed by atoms with Gasteiger partial charge in [0.15, 0.2) is 5.78 Å². The van der Waals surface area contributed by atoms with Crippen LogP contribution in [-0.2, 0) is 9.53 Å². The lowest BCUT2D eigenvalue weighted by Crippen LogP contribution is -1.98. The topological polar surface area (TPSA) is 86.5 Å². The van der Waals surface area contributed by atoms with Gasteiger partial charge < -0.3 is 4.74 Å². The van der Waals surface area contributed by atoms with Crippen molar-refractivity contribution in [3.05, 3.63) is 45.5 Å². The number of carbonyl (C=O) groups is 2. The number of rotatable bonds is 4. The number of nitro benzene ring substituents is 1. The number of Topliss-reactive ketones (excluding diaryl/α,β-unsaturated/α-hetero) is 1. The van der Waals surface area contributed by atoms with Gasteiger partial charge in [0.2, 0.25) is 0 Å². The Labute approximate surface area is 103 Å². The van der Waals surface area contributed by atoms with Crippen LogP contribution in [0.25, 0.3) is 6.08 Å². The van der Waals surface area contributed by atoms with Crippen molar-refractivity contribution < 1.29 is 19.2 Å². The highest BCUT2D eigenvalue weighted by molar-refractivity contribution is 5.95. The monoisotopic (exact) mass is 249 g/mol. The Morgan fingerprint density at radius 1 is 1.39 bits per heavy atom. The fourth-order valence-electron chi connectivity index (χ4n) is 1.29. The summed E-state index contributed by atoms with van der Waals surface area (Å²) in [5.74, 6) is -0.874. The van der Waals surface area contributed by atoms with Crippen molar-refractivity contribution >= 4 is 23.5 Å². The Hall–Kier alpha value is -2.50. The molecule has 0 spiro atoms. The van der Waals surface area contributed by atoms with Crippen LogP contribution in [0.3, 0.4) is 0 Å². The normalized spacial score (nSPS) is 10.3. The third-order valence-electron chi connectivity index (χ3n) is 2.23. The lowest BCUT2D eigenvalue weighted by atomic mass is 10.1. The number of carbonyl (C=O) groups excluding carboxylic acids is 2. The van der Waals surface area contributed by atoms with Crippen LogP contribution in [0.15, 0.2) is 24.3 Å². The number of esters is 1. The number of benzene rings is 1. The molecule has 0 atom stereocenters. The summed E-state index contributed by atoms with van der Waals surface area (Å²) < 4.78 is 4.38. The molecule has 0 aliphatic heterocycles. The van der Waals surface area contributed by atoms with Crippen LogP contribution in [0.2, 0.25) is 0 Å². The minimum absolute atomic E-state index is 0.232. The zero-order valence-electron chi connectivity index (χ0n) is 9.88. The molecule has 0 saturated heterocycles. The lowest BCUT2D eigenvalue weighted by Gasteiger charge is -2.00. The molecule has 94 valence electrons. The molecule has 0 N–H and O–H groups in total. The molecule has 0 unspecified atom stereocenters. The number of nitro groups is 1. The number of ketones is 1. The molecule has 0 fully saturated rings. The van der Waals surface area contributed by atoms with Crippen molar-refractivity contribution in [2.24, 2.45) is 0 Å². The Balaban J connectivity index is 3.20. The Morgan fingerprint density at radius 3 is 2.56 bits per heavy atom. The molecule has 0 aromatic heterocycles. The fraction of sp³-hybridized carbons (Fsp3) is 0.167. The second-order valence-corrected chi connectivity index (χ2v) is 3.44. The maximum atomic E-state index is 11.1. The summed E-state index contributed by atoms with van der Waals surface area (Å²) in [6.07, 6.45) is 2.35. The quantitative estimate of drug-likeness (QED) is 0.268. The van der Waals surface area contributed by atoms with Crippen LogP contribution in [-0.4, -0.2) is 23.8 Å². The molecule has 6 nitrogen and oxygen atoms in total. The number of hydrogen-bond donors (Lipinski definition) is 0. The van der Waals surface area contributed by atoms with Crippen LogP contribution in [0.4, 0.5) is 5.69 Å². The van der Waals surface area contributed by atoms with Gasteiger partial charge in [-0.2, -0.15) is 0 Å². The molecule has 0 aliphatic carbocycles. The predicted molar refractivity (Wildman–Crippen MR) is 64.2 cm³/mol. The van der Waals surface area contributed by atoms with Gasteiger partial charge in [-0.1, -0.05) is 6.07 Å². The first kappa shape index (κ1) is 13.6. The van der Waals surface area contributed by atoms with E-state index in [1.54, 1.807) is 0 Å². The SMILES string of the molecule is COC(=O)C=Cc1ccc(C(C)=O)cc1[N+](=O)[O-]. The van der Waals surface area contributed by atoms with Gasteiger partial charge in [0.1, 0.15) is 0 Å². The van der Waals surface area contributed by atoms with Gasteiger partial charge >= 0.3 is 5.97 Å². The third kappa shape index (κ3) is 3.24. The van der Waals surface area contributed by atoms with E-state index >= 15 is 0 Å². The molecule has 6 heteroatoms. The summed E-state index contributed by atoms with van der Waals surface area (Å²) in [5.41, 5.74) is 0.246. The lowest BCUT2D eigenvalue weighted by molar-refractivity contribution is -0.385. The largest absolute Gasteiger partial charge is 0.466 e. The average Bonchev–Trinajstić information content (AvgIpc) is 2.35. The number of hydrogen-bond acceptors (Lipinski definition) is 5. The number of ether oxygens (including phenoxy) is 1. The zero-order valence-corrected chi connectivity index (χ0v) is 9.88. The van der Waals surface area contributed by atoms with Crippen molar-refractivity contribution in [2.45, 2.75) is 6.92 Å². The minimum Gasteiger partial charge on any atom is -0.466 e. The van der Waals surface area contributed by atoms with E-state index in [-0.39, 0.29) is 22.6 Å². The first-order valence-corrected chi connectivity index (χ1v) is 5.01. The van der Waals surface area contributed by atoms with E-state index in [2.05, 4.69) is 4.74 Å². The van der Waals surface area contributed by atoms with Crippen LogP contribution >= 0.6 is 0 Å². The molecule has 1 rings (SSSR count). The van der Waals surface area contributed by atoms with Crippen molar-refractivity contribution in [2.75, 3.05) is 7.11 Å². The first-order chi connectivity index (χ1) is 8.45. The molecule has 1 aromatic rings. The van der Waals surface area contributed by atoms with Gasteiger partial charge in [0, 0.05) is 17.7 Å². The summed E-state index contributed by atoms with van der Waals surface area (Å²) in [6, 6.07) is 4.06. The molecule has 0 radical (unpaired) electrons. The van der Waals surface area contributed by atoms with Gasteiger partial charge in [0.05, 0.1) is 17.6 Å². The van der Waals surface area contributed by atoms with Gasteiger partial charge in [-0.05, 0) is 19.1 Å². The molecule has 18 heavy (non-hydrogen) atoms. The molecular formula is C12H11NO5. The van der Waals surface area contributed by atoms with E-state index in [4.69, 9.17) is 0 Å². The summed E-state index contributed by atoms with van der Waals surface area (Å²) in [7, 11) is 1.21. The highest BCUT2D eigenvalue weighted by Gasteiger charge is 2.14. The van der Waals surface area contributed by atoms with Crippen LogP contribution < -0.4 is 0 Å². The second-order valence-electron chi connectivity index (χ2n) is 3.44. The molecule has 0 heterocycles. The molecule has 0 saturated carbocycles. The maximum Gasteiger partial charge on any atom is 0.330 e. The zero-order chi connectivity index (χ0) is 13.7. The molecule has 0 aliphatic rings. The number of methoxy groups -OCH3 is 1.